The molecule has 37 heavy (non-hydrogen) atoms. The Morgan fingerprint density at radius 3 is 2.05 bits per heavy atom. The lowest BCUT2D eigenvalue weighted by Crippen LogP contribution is -2.55. The van der Waals surface area contributed by atoms with Crippen LogP contribution in [0.15, 0.2) is 48.5 Å². The lowest BCUT2D eigenvalue weighted by atomic mass is 9.98. The molecule has 9 heteroatoms. The van der Waals surface area contributed by atoms with E-state index in [0.717, 1.165) is 0 Å². The van der Waals surface area contributed by atoms with Gasteiger partial charge < -0.3 is 30.5 Å². The van der Waals surface area contributed by atoms with E-state index < -0.39 is 41.1 Å². The Morgan fingerprint density at radius 2 is 1.54 bits per heavy atom. The van der Waals surface area contributed by atoms with Gasteiger partial charge in [-0.1, -0.05) is 30.3 Å². The highest BCUT2D eigenvalue weighted by atomic mass is 16.6. The van der Waals surface area contributed by atoms with E-state index in [1.807, 2.05) is 20.8 Å². The monoisotopic (exact) mass is 513 g/mol. The number of alkyl carbamates (subject to hydrolysis) is 1. The van der Waals surface area contributed by atoms with Crippen LogP contribution in [0.2, 0.25) is 0 Å². The first-order valence-electron chi connectivity index (χ1n) is 12.3. The fourth-order valence-corrected chi connectivity index (χ4v) is 3.79. The van der Waals surface area contributed by atoms with Crippen LogP contribution in [0.1, 0.15) is 65.6 Å². The standard InChI is InChI=1S/C28H39N3O6/c1-8-31(23(24(34)30-27(2,3)4)20-11-9-10-12-22(20)33)25(35)21(29-26(36)37-28(5,6)7)17-18-13-15-19(32)16-14-18/h9-16,21,23,32-33H,8,17H2,1-7H3,(H,29,36)(H,30,34). The Kier molecular flexibility index (Phi) is 9.55. The normalized spacial score (nSPS) is 13.3. The predicted molar refractivity (Wildman–Crippen MR) is 141 cm³/mol. The smallest absolute Gasteiger partial charge is 0.408 e. The second-order valence-electron chi connectivity index (χ2n) is 10.9. The lowest BCUT2D eigenvalue weighted by Gasteiger charge is -2.35. The van der Waals surface area contributed by atoms with Crippen LogP contribution in [0, 0.1) is 0 Å². The summed E-state index contributed by atoms with van der Waals surface area (Å²) in [5.41, 5.74) is -0.435. The first kappa shape index (κ1) is 29.5. The zero-order valence-corrected chi connectivity index (χ0v) is 22.7. The Hall–Kier alpha value is -3.75. The lowest BCUT2D eigenvalue weighted by molar-refractivity contribution is -0.142. The number of amides is 3. The summed E-state index contributed by atoms with van der Waals surface area (Å²) in [6, 6.07) is 10.4. The molecule has 3 amide bonds. The van der Waals surface area contributed by atoms with E-state index in [0.29, 0.717) is 5.56 Å². The molecule has 0 spiro atoms. The minimum Gasteiger partial charge on any atom is -0.508 e. The number of hydrogen-bond acceptors (Lipinski definition) is 6. The molecule has 9 nitrogen and oxygen atoms in total. The molecular formula is C28H39N3O6. The zero-order valence-electron chi connectivity index (χ0n) is 22.7. The van der Waals surface area contributed by atoms with Crippen LogP contribution in [0.4, 0.5) is 4.79 Å². The molecule has 2 unspecified atom stereocenters. The molecule has 2 rings (SSSR count). The summed E-state index contributed by atoms with van der Waals surface area (Å²) in [7, 11) is 0. The third kappa shape index (κ3) is 9.00. The molecule has 0 aliphatic heterocycles. The molecule has 0 heterocycles. The highest BCUT2D eigenvalue weighted by molar-refractivity contribution is 5.93. The van der Waals surface area contributed by atoms with Gasteiger partial charge in [0.2, 0.25) is 11.8 Å². The first-order valence-corrected chi connectivity index (χ1v) is 12.3. The van der Waals surface area contributed by atoms with Gasteiger partial charge in [-0.15, -0.1) is 0 Å². The van der Waals surface area contributed by atoms with Crippen molar-refractivity contribution in [2.75, 3.05) is 6.54 Å². The topological polar surface area (TPSA) is 128 Å². The predicted octanol–water partition coefficient (Wildman–Crippen LogP) is 4.04. The Balaban J connectivity index is 2.51. The van der Waals surface area contributed by atoms with Crippen LogP contribution >= 0.6 is 0 Å². The molecule has 202 valence electrons. The summed E-state index contributed by atoms with van der Waals surface area (Å²) in [5, 5.41) is 25.8. The molecule has 0 radical (unpaired) electrons. The van der Waals surface area contributed by atoms with Gasteiger partial charge in [0, 0.05) is 24.1 Å². The van der Waals surface area contributed by atoms with Crippen molar-refractivity contribution in [2.24, 2.45) is 0 Å². The fourth-order valence-electron chi connectivity index (χ4n) is 3.79. The maximum atomic E-state index is 14.0. The molecule has 0 aliphatic carbocycles. The van der Waals surface area contributed by atoms with Crippen LogP contribution in [0.5, 0.6) is 11.5 Å². The first-order chi connectivity index (χ1) is 17.1. The molecule has 0 saturated heterocycles. The van der Waals surface area contributed by atoms with Crippen LogP contribution in [-0.2, 0) is 20.7 Å². The van der Waals surface area contributed by atoms with Crippen LogP contribution < -0.4 is 10.6 Å². The summed E-state index contributed by atoms with van der Waals surface area (Å²) < 4.78 is 5.39. The summed E-state index contributed by atoms with van der Waals surface area (Å²) in [6.07, 6.45) is -0.692. The van der Waals surface area contributed by atoms with Crippen molar-refractivity contribution in [1.82, 2.24) is 15.5 Å². The average Bonchev–Trinajstić information content (AvgIpc) is 2.76. The zero-order chi connectivity index (χ0) is 28.0. The number of rotatable bonds is 8. The number of aromatic hydroxyl groups is 2. The van der Waals surface area contributed by atoms with E-state index in [4.69, 9.17) is 4.74 Å². The highest BCUT2D eigenvalue weighted by Crippen LogP contribution is 2.30. The van der Waals surface area contributed by atoms with E-state index >= 15 is 0 Å². The van der Waals surface area contributed by atoms with Gasteiger partial charge in [-0.3, -0.25) is 9.59 Å². The summed E-state index contributed by atoms with van der Waals surface area (Å²) in [6.45, 7) is 12.5. The van der Waals surface area contributed by atoms with Gasteiger partial charge in [-0.25, -0.2) is 4.79 Å². The van der Waals surface area contributed by atoms with Crippen LogP contribution in [-0.4, -0.2) is 56.7 Å². The van der Waals surface area contributed by atoms with E-state index in [1.165, 1.54) is 23.1 Å². The molecule has 0 aliphatic rings. The van der Waals surface area contributed by atoms with E-state index in [1.54, 1.807) is 58.0 Å². The molecule has 2 atom stereocenters. The number of nitrogens with one attached hydrogen (secondary N) is 2. The summed E-state index contributed by atoms with van der Waals surface area (Å²) in [4.78, 5) is 41.5. The van der Waals surface area contributed by atoms with Gasteiger partial charge in [0.25, 0.3) is 0 Å². The van der Waals surface area contributed by atoms with Crippen molar-refractivity contribution >= 4 is 17.9 Å². The van der Waals surface area contributed by atoms with E-state index in [2.05, 4.69) is 10.6 Å². The van der Waals surface area contributed by atoms with Crippen molar-refractivity contribution in [3.05, 3.63) is 59.7 Å². The average molecular weight is 514 g/mol. The second-order valence-corrected chi connectivity index (χ2v) is 10.9. The maximum absolute atomic E-state index is 14.0. The van der Waals surface area contributed by atoms with Gasteiger partial charge in [-0.2, -0.15) is 0 Å². The summed E-state index contributed by atoms with van der Waals surface area (Å²) >= 11 is 0. The van der Waals surface area contributed by atoms with Gasteiger partial charge in [0.1, 0.15) is 29.2 Å². The number of nitrogens with zero attached hydrogens (tertiary/aromatic N) is 1. The number of carbonyl (C=O) groups is 3. The maximum Gasteiger partial charge on any atom is 0.408 e. The number of phenolic OH excluding ortho intramolecular Hbond substituents is 2. The molecule has 0 saturated carbocycles. The van der Waals surface area contributed by atoms with Crippen molar-refractivity contribution in [3.8, 4) is 11.5 Å². The van der Waals surface area contributed by atoms with E-state index in [-0.39, 0.29) is 30.0 Å². The second kappa shape index (κ2) is 12.0. The largest absolute Gasteiger partial charge is 0.508 e. The van der Waals surface area contributed by atoms with Crippen LogP contribution in [0.3, 0.4) is 0 Å². The molecule has 0 fully saturated rings. The number of phenols is 2. The number of para-hydroxylation sites is 1. The van der Waals surface area contributed by atoms with Gasteiger partial charge in [-0.05, 0) is 72.2 Å². The third-order valence-corrected chi connectivity index (χ3v) is 5.28. The van der Waals surface area contributed by atoms with Gasteiger partial charge in [0.15, 0.2) is 0 Å². The van der Waals surface area contributed by atoms with E-state index in [9.17, 15) is 24.6 Å². The van der Waals surface area contributed by atoms with Gasteiger partial charge >= 0.3 is 6.09 Å². The van der Waals surface area contributed by atoms with Crippen LogP contribution in [0.25, 0.3) is 0 Å². The molecule has 4 N–H and O–H groups in total. The molecule has 0 bridgehead atoms. The minimum absolute atomic E-state index is 0.0698. The number of likely N-dealkylation sites (N-methyl/N-ethyl adjacent to an activating group) is 1. The quantitative estimate of drug-likeness (QED) is 0.422. The van der Waals surface area contributed by atoms with Crippen molar-refractivity contribution in [1.29, 1.82) is 0 Å². The van der Waals surface area contributed by atoms with Crippen molar-refractivity contribution < 1.29 is 29.3 Å². The van der Waals surface area contributed by atoms with Crippen molar-refractivity contribution in [3.63, 3.8) is 0 Å². The molecule has 2 aromatic carbocycles. The molecule has 0 aromatic heterocycles. The number of hydrogen-bond donors (Lipinski definition) is 4. The van der Waals surface area contributed by atoms with Gasteiger partial charge in [0.05, 0.1) is 0 Å². The Bertz CT molecular complexity index is 1090. The Morgan fingerprint density at radius 1 is 0.946 bits per heavy atom. The SMILES string of the molecule is CCN(C(=O)C(Cc1ccc(O)cc1)NC(=O)OC(C)(C)C)C(C(=O)NC(C)(C)C)c1ccccc1O. The third-order valence-electron chi connectivity index (χ3n) is 5.28. The molecule has 2 aromatic rings. The minimum atomic E-state index is -1.15. The van der Waals surface area contributed by atoms with Crippen molar-refractivity contribution in [2.45, 2.75) is 78.1 Å². The molecular weight excluding hydrogens is 474 g/mol. The number of benzene rings is 2. The Labute approximate surface area is 218 Å². The number of ether oxygens (including phenoxy) is 1. The summed E-state index contributed by atoms with van der Waals surface area (Å²) in [5.74, 6) is -1.05. The fraction of sp³-hybridized carbons (Fsp3) is 0.464. The highest BCUT2D eigenvalue weighted by Gasteiger charge is 2.37. The number of carbonyl (C=O) groups excluding carboxylic acids is 3.